The highest BCUT2D eigenvalue weighted by Crippen LogP contribution is 2.39. The predicted molar refractivity (Wildman–Crippen MR) is 436 cm³/mol. The van der Waals surface area contributed by atoms with E-state index in [1.54, 1.807) is 39.0 Å². The van der Waals surface area contributed by atoms with Crippen LogP contribution in [-0.2, 0) is 30.9 Å². The van der Waals surface area contributed by atoms with E-state index in [9.17, 15) is 103 Å². The van der Waals surface area contributed by atoms with Crippen molar-refractivity contribution in [1.29, 1.82) is 0 Å². The molecule has 0 saturated heterocycles. The highest BCUT2D eigenvalue weighted by Gasteiger charge is 2.40. The number of fused-ring (bicyclic) bond motifs is 5. The number of amides is 5. The van der Waals surface area contributed by atoms with Crippen LogP contribution >= 0.6 is 0 Å². The second-order valence-electron chi connectivity index (χ2n) is 27.7. The third-order valence-electron chi connectivity index (χ3n) is 17.9. The smallest absolute Gasteiger partial charge is 0.433 e. The van der Waals surface area contributed by atoms with Crippen molar-refractivity contribution in [1.82, 2.24) is 97.9 Å². The fourth-order valence-electron chi connectivity index (χ4n) is 11.8. The number of halogens is 18. The molecule has 1 aliphatic carbocycles. The minimum atomic E-state index is -4.78. The van der Waals surface area contributed by atoms with E-state index in [1.807, 2.05) is 0 Å². The largest absolute Gasteiger partial charge is 0.494 e. The van der Waals surface area contributed by atoms with Crippen molar-refractivity contribution in [3.63, 3.8) is 0 Å². The molecule has 0 unspecified atom stereocenters. The maximum absolute atomic E-state index is 13.0. The van der Waals surface area contributed by atoms with E-state index in [0.29, 0.717) is 35.7 Å². The van der Waals surface area contributed by atoms with Crippen LogP contribution in [0.2, 0.25) is 0 Å². The molecule has 0 aliphatic heterocycles. The Morgan fingerprint density at radius 1 is 0.370 bits per heavy atom. The number of pyridine rings is 5. The number of nitrogens with zero attached hydrogens (tertiary/aromatic N) is 20. The van der Waals surface area contributed by atoms with Crippen LogP contribution in [0.3, 0.4) is 0 Å². The highest BCUT2D eigenvalue weighted by molar-refractivity contribution is 6.15. The molecule has 0 radical (unpaired) electrons. The van der Waals surface area contributed by atoms with Gasteiger partial charge < -0.3 is 78.9 Å². The summed E-state index contributed by atoms with van der Waals surface area (Å²) < 4.78 is 262. The lowest BCUT2D eigenvalue weighted by Crippen LogP contribution is -2.25. The summed E-state index contributed by atoms with van der Waals surface area (Å²) in [7, 11) is 1.39. The number of hydrogen-bond acceptors (Lipinski definition) is 30. The number of rotatable bonds is 19. The van der Waals surface area contributed by atoms with Gasteiger partial charge in [-0.25, -0.2) is 47.5 Å². The van der Waals surface area contributed by atoms with Gasteiger partial charge >= 0.3 is 37.1 Å². The van der Waals surface area contributed by atoms with E-state index in [2.05, 4.69) is 107 Å². The Balaban J connectivity index is 0.000000152. The normalized spacial score (nSPS) is 12.4. The molecule has 58 heteroatoms. The summed E-state index contributed by atoms with van der Waals surface area (Å²) >= 11 is 0. The summed E-state index contributed by atoms with van der Waals surface area (Å²) in [6, 6.07) is 10.9. The van der Waals surface area contributed by atoms with Gasteiger partial charge in [-0.2, -0.15) is 79.0 Å². The number of anilines is 10. The molecule has 1 aliphatic rings. The standard InChI is InChI=1S/C17H15F3N6O2.C16H15F3N6O2.C15H10F6N6O2.C15H13F3N6O2.C14H11F3N6O2/c18-17(19,20)12-5-7-26-15(24-12)13(14(21)25-26)16(27)23-10-8-22-6-4-11(10)28-9-2-1-3-9;1-8(2)27-10-3-5-21-7-9(10)22-15(26)12-13(20)24-25-6-4-11(16(17,18)19)23-14(12)25;16-14(17,18)6-29-8-1-3-23-5-7(8)24-13(28)10-11(22)26-27-4-2-9(15(19,20)21)25-12(10)27;1-2-26-9-3-5-20-7-8(9)21-14(25)11-12(19)23-24-6-4-10(15(16,17)18)22-13(11)24;1-25-8-2-4-19-6-7(8)20-13(24)10-11(18)22-23-5-3-9(14(15,16)17)21-12(10)23/h4-9H,1-3H2,(H2,21,25)(H,23,27);3-8H,1-2H3,(H2,20,24)(H,22,26);1-5H,6H2,(H2,22,26)(H,24,28);3-7H,2H2,1H3,(H2,19,23)(H,21,25);2-6H,1H3,(H2,18,22)(H,20,24). The Morgan fingerprint density at radius 2 is 0.615 bits per heavy atom. The maximum Gasteiger partial charge on any atom is 0.433 e. The van der Waals surface area contributed by atoms with E-state index in [1.165, 1.54) is 62.8 Å². The van der Waals surface area contributed by atoms with Gasteiger partial charge in [-0.1, -0.05) is 0 Å². The zero-order valence-electron chi connectivity index (χ0n) is 68.8. The Labute approximate surface area is 741 Å². The molecule has 1 saturated carbocycles. The molecule has 0 spiro atoms. The van der Waals surface area contributed by atoms with Crippen molar-refractivity contribution in [2.45, 2.75) is 89.3 Å². The molecule has 0 atom stereocenters. The minimum absolute atomic E-state index is 0.0658. The molecular formula is C77H64F18N30O10. The molecule has 15 N–H and O–H groups in total. The van der Waals surface area contributed by atoms with Crippen LogP contribution in [0, 0.1) is 0 Å². The summed E-state index contributed by atoms with van der Waals surface area (Å²) in [6.07, 6.45) is -6.73. The highest BCUT2D eigenvalue weighted by atomic mass is 19.4. The number of nitrogen functional groups attached to an aromatic ring is 5. The van der Waals surface area contributed by atoms with Gasteiger partial charge in [-0.15, -0.1) is 25.5 Å². The lowest BCUT2D eigenvalue weighted by atomic mass is 9.96. The van der Waals surface area contributed by atoms with Crippen molar-refractivity contribution in [3.05, 3.63) is 210 Å². The van der Waals surface area contributed by atoms with Crippen molar-refractivity contribution >= 4 is 115 Å². The van der Waals surface area contributed by atoms with E-state index in [4.69, 9.17) is 47.6 Å². The minimum Gasteiger partial charge on any atom is -0.494 e. The van der Waals surface area contributed by atoms with Gasteiger partial charge in [0.05, 0.1) is 56.9 Å². The van der Waals surface area contributed by atoms with Gasteiger partial charge in [0, 0.05) is 92.3 Å². The Kier molecular flexibility index (Phi) is 28.3. The first kappa shape index (κ1) is 97.0. The zero-order valence-corrected chi connectivity index (χ0v) is 68.8. The van der Waals surface area contributed by atoms with E-state index in [0.717, 1.165) is 116 Å². The van der Waals surface area contributed by atoms with Gasteiger partial charge in [0.25, 0.3) is 29.5 Å². The number of alkyl halides is 18. The summed E-state index contributed by atoms with van der Waals surface area (Å²) in [4.78, 5) is 99.6. The first-order chi connectivity index (χ1) is 63.6. The van der Waals surface area contributed by atoms with Gasteiger partial charge in [-0.3, -0.25) is 48.9 Å². The van der Waals surface area contributed by atoms with Crippen LogP contribution in [0.4, 0.5) is 137 Å². The number of methoxy groups -OCH3 is 1. The molecule has 15 heterocycles. The predicted octanol–water partition coefficient (Wildman–Crippen LogP) is 13.0. The molecule has 15 aromatic heterocycles. The summed E-state index contributed by atoms with van der Waals surface area (Å²) in [5.41, 5.74) is 20.0. The molecule has 0 bridgehead atoms. The average molecular weight is 1910 g/mol. The number of ether oxygens (including phenoxy) is 5. The van der Waals surface area contributed by atoms with Crippen molar-refractivity contribution in [3.8, 4) is 28.7 Å². The maximum atomic E-state index is 13.0. The zero-order chi connectivity index (χ0) is 98.1. The Hall–Kier alpha value is -17.1. The fraction of sp³-hybridized carbons (Fsp3) is 0.221. The second-order valence-corrected chi connectivity index (χ2v) is 27.7. The molecule has 16 rings (SSSR count). The van der Waals surface area contributed by atoms with E-state index >= 15 is 0 Å². The number of nitrogens with one attached hydrogen (secondary N) is 5. The molecule has 15 aromatic rings. The van der Waals surface area contributed by atoms with Crippen LogP contribution in [0.25, 0.3) is 28.2 Å². The Bertz CT molecular complexity index is 6910. The number of carbonyl (C=O) groups is 5. The first-order valence-electron chi connectivity index (χ1n) is 38.1. The van der Waals surface area contributed by atoms with Crippen LogP contribution in [-0.4, -0.2) is 166 Å². The van der Waals surface area contributed by atoms with Gasteiger partial charge in [-0.05, 0) is 70.4 Å². The van der Waals surface area contributed by atoms with Crippen LogP contribution in [0.15, 0.2) is 154 Å². The molecule has 5 amide bonds. The molecule has 0 aromatic carbocycles. The third-order valence-corrected chi connectivity index (χ3v) is 17.9. The number of nitrogens with two attached hydrogens (primary N) is 5. The average Bonchev–Trinajstić information content (AvgIpc) is 1.66. The molecule has 135 heavy (non-hydrogen) atoms. The fourth-order valence-corrected chi connectivity index (χ4v) is 11.8. The SMILES string of the molecule is CC(C)Oc1ccncc1NC(=O)c1c(N)nn2ccc(C(F)(F)F)nc12.CCOc1ccncc1NC(=O)c1c(N)nn2ccc(C(F)(F)F)nc12.COc1ccncc1NC(=O)c1c(N)nn2ccc(C(F)(F)F)nc12.Nc1nn2ccc(C(F)(F)F)nc2c1C(=O)Nc1cnccc1OC1CCC1.Nc1nn2ccc(C(F)(F)F)nc2c1C(=O)Nc1cnccc1OCC(F)(F)F. The molecular weight excluding hydrogens is 1850 g/mol. The molecule has 40 nitrogen and oxygen atoms in total. The van der Waals surface area contributed by atoms with Crippen molar-refractivity contribution in [2.24, 2.45) is 0 Å². The third kappa shape index (κ3) is 23.2. The number of hydrogen-bond donors (Lipinski definition) is 10. The first-order valence-corrected chi connectivity index (χ1v) is 38.1. The van der Waals surface area contributed by atoms with Gasteiger partial charge in [0.15, 0.2) is 63.9 Å². The number of aromatic nitrogens is 20. The van der Waals surface area contributed by atoms with Crippen LogP contribution in [0.5, 0.6) is 28.7 Å². The summed E-state index contributed by atoms with van der Waals surface area (Å²) in [5.74, 6) is -4.51. The molecule has 708 valence electrons. The lowest BCUT2D eigenvalue weighted by Gasteiger charge is -2.27. The monoisotopic (exact) mass is 1910 g/mol. The van der Waals surface area contributed by atoms with Crippen LogP contribution < -0.4 is 78.9 Å². The lowest BCUT2D eigenvalue weighted by molar-refractivity contribution is -0.153. The summed E-state index contributed by atoms with van der Waals surface area (Å²) in [6.45, 7) is 4.09. The van der Waals surface area contributed by atoms with Gasteiger partial charge in [0.1, 0.15) is 113 Å². The molecule has 1 fully saturated rings. The van der Waals surface area contributed by atoms with Crippen molar-refractivity contribution in [2.75, 3.05) is 75.6 Å². The number of carbonyl (C=O) groups excluding carboxylic acids is 5. The van der Waals surface area contributed by atoms with Crippen LogP contribution in [0.1, 0.15) is 120 Å². The van der Waals surface area contributed by atoms with E-state index < -0.39 is 119 Å². The van der Waals surface area contributed by atoms with Gasteiger partial charge in [0.2, 0.25) is 0 Å². The van der Waals surface area contributed by atoms with E-state index in [-0.39, 0.29) is 115 Å². The second kappa shape index (κ2) is 39.3. The quantitative estimate of drug-likeness (QED) is 0.0336. The summed E-state index contributed by atoms with van der Waals surface area (Å²) in [5, 5.41) is 31.3. The topological polar surface area (TPSA) is 537 Å². The van der Waals surface area contributed by atoms with Crippen molar-refractivity contribution < 1.29 is 127 Å². The Morgan fingerprint density at radius 3 is 0.859 bits per heavy atom.